The first-order valence-electron chi connectivity index (χ1n) is 6.51. The summed E-state index contributed by atoms with van der Waals surface area (Å²) >= 11 is 0. The number of nitrogens with zero attached hydrogens (tertiary/aromatic N) is 3. The predicted molar refractivity (Wildman–Crippen MR) is 69.9 cm³/mol. The Morgan fingerprint density at radius 2 is 2.44 bits per heavy atom. The van der Waals surface area contributed by atoms with E-state index in [1.807, 2.05) is 24.9 Å². The number of amides is 1. The molecule has 0 aliphatic carbocycles. The number of hydrogen-bond acceptors (Lipinski definition) is 3. The number of carbonyl (C=O) groups is 1. The first-order chi connectivity index (χ1) is 8.59. The van der Waals surface area contributed by atoms with Crippen molar-refractivity contribution in [1.29, 1.82) is 0 Å². The Morgan fingerprint density at radius 1 is 1.67 bits per heavy atom. The number of hydrogen-bond donors (Lipinski definition) is 1. The van der Waals surface area contributed by atoms with Crippen LogP contribution in [-0.2, 0) is 18.4 Å². The third-order valence-electron chi connectivity index (χ3n) is 4.02. The van der Waals surface area contributed by atoms with Gasteiger partial charge in [-0.15, -0.1) is 0 Å². The molecule has 5 heteroatoms. The Hall–Kier alpha value is -1.36. The highest BCUT2D eigenvalue weighted by molar-refractivity contribution is 5.83. The first kappa shape index (κ1) is 13.1. The van der Waals surface area contributed by atoms with Crippen LogP contribution >= 0.6 is 0 Å². The van der Waals surface area contributed by atoms with Gasteiger partial charge in [-0.1, -0.05) is 6.92 Å². The molecule has 18 heavy (non-hydrogen) atoms. The highest BCUT2D eigenvalue weighted by atomic mass is 16.2. The summed E-state index contributed by atoms with van der Waals surface area (Å²) in [5.74, 6) is 1.15. The molecule has 2 rings (SSSR count). The van der Waals surface area contributed by atoms with Crippen molar-refractivity contribution in [3.63, 3.8) is 0 Å². The second kappa shape index (κ2) is 5.10. The molecular formula is C13H22N4O. The summed E-state index contributed by atoms with van der Waals surface area (Å²) in [6, 6.07) is 0. The molecule has 5 nitrogen and oxygen atoms in total. The van der Waals surface area contributed by atoms with E-state index in [-0.39, 0.29) is 11.3 Å². The highest BCUT2D eigenvalue weighted by Gasteiger charge is 2.41. The Kier molecular flexibility index (Phi) is 3.71. The van der Waals surface area contributed by atoms with Crippen molar-refractivity contribution < 1.29 is 4.79 Å². The van der Waals surface area contributed by atoms with E-state index >= 15 is 0 Å². The number of imidazole rings is 1. The molecule has 1 aromatic heterocycles. The minimum atomic E-state index is -0.208. The topological polar surface area (TPSA) is 50.2 Å². The van der Waals surface area contributed by atoms with Crippen molar-refractivity contribution in [2.45, 2.75) is 26.3 Å². The van der Waals surface area contributed by atoms with Crippen LogP contribution in [0.25, 0.3) is 0 Å². The van der Waals surface area contributed by atoms with E-state index in [4.69, 9.17) is 0 Å². The van der Waals surface area contributed by atoms with Crippen molar-refractivity contribution in [3.05, 3.63) is 18.2 Å². The fourth-order valence-electron chi connectivity index (χ4n) is 2.62. The lowest BCUT2D eigenvalue weighted by molar-refractivity contribution is -0.140. The normalized spacial score (nSPS) is 23.3. The zero-order valence-corrected chi connectivity index (χ0v) is 11.4. The summed E-state index contributed by atoms with van der Waals surface area (Å²) in [6.07, 6.45) is 5.50. The molecule has 0 bridgehead atoms. The van der Waals surface area contributed by atoms with Crippen molar-refractivity contribution in [3.8, 4) is 0 Å². The Bertz CT molecular complexity index is 420. The van der Waals surface area contributed by atoms with Crippen LogP contribution in [0.2, 0.25) is 0 Å². The fourth-order valence-corrected chi connectivity index (χ4v) is 2.62. The van der Waals surface area contributed by atoms with E-state index in [2.05, 4.69) is 17.2 Å². The van der Waals surface area contributed by atoms with E-state index in [9.17, 15) is 4.79 Å². The SMILES string of the molecule is CCC1(C(=O)N(C)Cc2nccn2C)CCNC1. The molecule has 0 spiro atoms. The Morgan fingerprint density at radius 3 is 2.94 bits per heavy atom. The van der Waals surface area contributed by atoms with Gasteiger partial charge in [0.15, 0.2) is 0 Å². The van der Waals surface area contributed by atoms with Gasteiger partial charge >= 0.3 is 0 Å². The summed E-state index contributed by atoms with van der Waals surface area (Å²) < 4.78 is 1.95. The second-order valence-corrected chi connectivity index (χ2v) is 5.18. The number of carbonyl (C=O) groups excluding carboxylic acids is 1. The number of aromatic nitrogens is 2. The van der Waals surface area contributed by atoms with Crippen LogP contribution in [0.4, 0.5) is 0 Å². The van der Waals surface area contributed by atoms with Gasteiger partial charge in [0.1, 0.15) is 5.82 Å². The van der Waals surface area contributed by atoms with E-state index in [1.54, 1.807) is 11.1 Å². The van der Waals surface area contributed by atoms with Crippen molar-refractivity contribution in [2.24, 2.45) is 12.5 Å². The monoisotopic (exact) mass is 250 g/mol. The summed E-state index contributed by atoms with van der Waals surface area (Å²) in [5.41, 5.74) is -0.208. The first-order valence-corrected chi connectivity index (χ1v) is 6.51. The van der Waals surface area contributed by atoms with E-state index < -0.39 is 0 Å². The molecule has 1 unspecified atom stereocenters. The molecule has 0 aromatic carbocycles. The largest absolute Gasteiger partial charge is 0.338 e. The van der Waals surface area contributed by atoms with Gasteiger partial charge in [-0.3, -0.25) is 4.79 Å². The summed E-state index contributed by atoms with van der Waals surface area (Å²) in [6.45, 7) is 4.41. The third-order valence-corrected chi connectivity index (χ3v) is 4.02. The third kappa shape index (κ3) is 2.27. The molecule has 1 aliphatic rings. The van der Waals surface area contributed by atoms with Gasteiger partial charge in [0.2, 0.25) is 5.91 Å². The van der Waals surface area contributed by atoms with Gasteiger partial charge in [-0.25, -0.2) is 4.98 Å². The van der Waals surface area contributed by atoms with Crippen LogP contribution in [0.3, 0.4) is 0 Å². The molecule has 1 N–H and O–H groups in total. The highest BCUT2D eigenvalue weighted by Crippen LogP contribution is 2.31. The lowest BCUT2D eigenvalue weighted by Crippen LogP contribution is -2.43. The van der Waals surface area contributed by atoms with Crippen LogP contribution < -0.4 is 5.32 Å². The number of aryl methyl sites for hydroxylation is 1. The van der Waals surface area contributed by atoms with Gasteiger partial charge in [-0.05, 0) is 19.4 Å². The maximum atomic E-state index is 12.6. The Balaban J connectivity index is 2.06. The number of rotatable bonds is 4. The average Bonchev–Trinajstić information content (AvgIpc) is 2.99. The second-order valence-electron chi connectivity index (χ2n) is 5.18. The van der Waals surface area contributed by atoms with E-state index in [0.717, 1.165) is 31.8 Å². The zero-order valence-electron chi connectivity index (χ0n) is 11.4. The molecule has 1 amide bonds. The molecule has 1 aromatic rings. The molecule has 1 fully saturated rings. The maximum Gasteiger partial charge on any atom is 0.230 e. The molecule has 1 atom stereocenters. The smallest absolute Gasteiger partial charge is 0.230 e. The quantitative estimate of drug-likeness (QED) is 0.858. The molecule has 1 saturated heterocycles. The molecule has 2 heterocycles. The van der Waals surface area contributed by atoms with Crippen LogP contribution in [0.1, 0.15) is 25.6 Å². The van der Waals surface area contributed by atoms with Crippen molar-refractivity contribution >= 4 is 5.91 Å². The van der Waals surface area contributed by atoms with Gasteiger partial charge in [0.05, 0.1) is 12.0 Å². The zero-order chi connectivity index (χ0) is 13.2. The fraction of sp³-hybridized carbons (Fsp3) is 0.692. The summed E-state index contributed by atoms with van der Waals surface area (Å²) in [7, 11) is 3.82. The van der Waals surface area contributed by atoms with Crippen molar-refractivity contribution in [2.75, 3.05) is 20.1 Å². The minimum absolute atomic E-state index is 0.208. The standard InChI is InChI=1S/C13H22N4O/c1-4-13(5-6-14-10-13)12(18)17(3)9-11-15-7-8-16(11)2/h7-8,14H,4-6,9-10H2,1-3H3. The molecule has 1 aliphatic heterocycles. The predicted octanol–water partition coefficient (Wildman–Crippen LogP) is 0.768. The molecular weight excluding hydrogens is 228 g/mol. The molecule has 0 radical (unpaired) electrons. The van der Waals surface area contributed by atoms with Gasteiger partial charge < -0.3 is 14.8 Å². The average molecular weight is 250 g/mol. The lowest BCUT2D eigenvalue weighted by Gasteiger charge is -2.30. The molecule has 100 valence electrons. The van der Waals surface area contributed by atoms with E-state index in [1.165, 1.54) is 0 Å². The van der Waals surface area contributed by atoms with Crippen molar-refractivity contribution in [1.82, 2.24) is 19.8 Å². The van der Waals surface area contributed by atoms with Crippen LogP contribution in [-0.4, -0.2) is 40.5 Å². The van der Waals surface area contributed by atoms with Gasteiger partial charge in [-0.2, -0.15) is 0 Å². The maximum absolute atomic E-state index is 12.6. The number of nitrogens with one attached hydrogen (secondary N) is 1. The minimum Gasteiger partial charge on any atom is -0.338 e. The lowest BCUT2D eigenvalue weighted by atomic mass is 9.83. The van der Waals surface area contributed by atoms with Gasteiger partial charge in [0.25, 0.3) is 0 Å². The van der Waals surface area contributed by atoms with E-state index in [0.29, 0.717) is 6.54 Å². The van der Waals surface area contributed by atoms with Crippen LogP contribution in [0.5, 0.6) is 0 Å². The Labute approximate surface area is 108 Å². The van der Waals surface area contributed by atoms with Crippen LogP contribution in [0.15, 0.2) is 12.4 Å². The van der Waals surface area contributed by atoms with Crippen LogP contribution in [0, 0.1) is 5.41 Å². The molecule has 0 saturated carbocycles. The summed E-state index contributed by atoms with van der Waals surface area (Å²) in [4.78, 5) is 18.7. The summed E-state index contributed by atoms with van der Waals surface area (Å²) in [5, 5.41) is 3.30. The van der Waals surface area contributed by atoms with Gasteiger partial charge in [0, 0.05) is 33.0 Å².